The molecule has 2 heteroatoms. The first kappa shape index (κ1) is 12.0. The van der Waals surface area contributed by atoms with E-state index in [1.54, 1.807) is 0 Å². The lowest BCUT2D eigenvalue weighted by molar-refractivity contribution is 0.151. The standard InChI is InChI=1S/C18H19NO/c1-17(2)15-10-6-7-11-16(15)19-13-20-12-18(17,19)14-8-4-3-5-9-14/h3-11H,12-13H2,1-2H3. The Labute approximate surface area is 120 Å². The summed E-state index contributed by atoms with van der Waals surface area (Å²) in [7, 11) is 0. The molecule has 4 rings (SSSR count). The van der Waals surface area contributed by atoms with Crippen molar-refractivity contribution in [3.05, 3.63) is 65.7 Å². The molecule has 2 aromatic rings. The van der Waals surface area contributed by atoms with Gasteiger partial charge >= 0.3 is 0 Å². The van der Waals surface area contributed by atoms with E-state index in [0.717, 1.165) is 6.61 Å². The number of hydrogen-bond donors (Lipinski definition) is 0. The highest BCUT2D eigenvalue weighted by atomic mass is 16.5. The molecule has 1 fully saturated rings. The van der Waals surface area contributed by atoms with Crippen molar-refractivity contribution in [2.45, 2.75) is 24.8 Å². The van der Waals surface area contributed by atoms with Crippen LogP contribution in [0.25, 0.3) is 0 Å². The minimum absolute atomic E-state index is 0.0292. The predicted octanol–water partition coefficient (Wildman–Crippen LogP) is 3.67. The van der Waals surface area contributed by atoms with Gasteiger partial charge in [-0.2, -0.15) is 0 Å². The minimum atomic E-state index is -0.0854. The number of ether oxygens (including phenoxy) is 1. The topological polar surface area (TPSA) is 12.5 Å². The minimum Gasteiger partial charge on any atom is -0.358 e. The molecule has 102 valence electrons. The van der Waals surface area contributed by atoms with Gasteiger partial charge in [-0.1, -0.05) is 62.4 Å². The van der Waals surface area contributed by atoms with Gasteiger partial charge in [0.05, 0.1) is 6.61 Å². The van der Waals surface area contributed by atoms with Gasteiger partial charge < -0.3 is 9.64 Å². The molecule has 0 radical (unpaired) electrons. The maximum atomic E-state index is 5.89. The van der Waals surface area contributed by atoms with Gasteiger partial charge in [0.15, 0.2) is 0 Å². The summed E-state index contributed by atoms with van der Waals surface area (Å²) in [4.78, 5) is 2.44. The van der Waals surface area contributed by atoms with Crippen LogP contribution in [0.3, 0.4) is 0 Å². The highest BCUT2D eigenvalue weighted by Gasteiger charge is 2.60. The van der Waals surface area contributed by atoms with Crippen LogP contribution in [-0.4, -0.2) is 13.3 Å². The van der Waals surface area contributed by atoms with Crippen LogP contribution in [0.2, 0.25) is 0 Å². The van der Waals surface area contributed by atoms with Crippen LogP contribution >= 0.6 is 0 Å². The molecule has 20 heavy (non-hydrogen) atoms. The average Bonchev–Trinajstić information content (AvgIpc) is 3.00. The summed E-state index contributed by atoms with van der Waals surface area (Å²) in [6.07, 6.45) is 0. The highest BCUT2D eigenvalue weighted by Crippen LogP contribution is 2.58. The molecular formula is C18H19NO. The van der Waals surface area contributed by atoms with Crippen LogP contribution in [0, 0.1) is 0 Å². The average molecular weight is 265 g/mol. The predicted molar refractivity (Wildman–Crippen MR) is 80.9 cm³/mol. The molecular weight excluding hydrogens is 246 g/mol. The van der Waals surface area contributed by atoms with Crippen molar-refractivity contribution < 1.29 is 4.74 Å². The Hall–Kier alpha value is -1.80. The molecule has 0 bridgehead atoms. The zero-order valence-corrected chi connectivity index (χ0v) is 12.0. The van der Waals surface area contributed by atoms with Gasteiger partial charge in [0.2, 0.25) is 0 Å². The maximum absolute atomic E-state index is 5.89. The van der Waals surface area contributed by atoms with Gasteiger partial charge in [0, 0.05) is 11.1 Å². The van der Waals surface area contributed by atoms with Crippen molar-refractivity contribution >= 4 is 5.69 Å². The van der Waals surface area contributed by atoms with Crippen molar-refractivity contribution in [2.75, 3.05) is 18.2 Å². The normalized spacial score (nSPS) is 26.4. The molecule has 2 heterocycles. The fourth-order valence-corrected chi connectivity index (χ4v) is 4.04. The summed E-state index contributed by atoms with van der Waals surface area (Å²) in [6, 6.07) is 19.5. The van der Waals surface area contributed by atoms with Crippen molar-refractivity contribution in [2.24, 2.45) is 0 Å². The number of para-hydroxylation sites is 1. The van der Waals surface area contributed by atoms with E-state index in [2.05, 4.69) is 73.3 Å². The van der Waals surface area contributed by atoms with E-state index in [0.29, 0.717) is 6.73 Å². The third-order valence-corrected chi connectivity index (χ3v) is 5.15. The maximum Gasteiger partial charge on any atom is 0.119 e. The lowest BCUT2D eigenvalue weighted by Gasteiger charge is -2.42. The second-order valence-corrected chi connectivity index (χ2v) is 6.27. The van der Waals surface area contributed by atoms with Crippen LogP contribution < -0.4 is 4.90 Å². The summed E-state index contributed by atoms with van der Waals surface area (Å²) < 4.78 is 5.89. The largest absolute Gasteiger partial charge is 0.358 e. The number of nitrogens with zero attached hydrogens (tertiary/aromatic N) is 1. The van der Waals surface area contributed by atoms with E-state index in [1.807, 2.05) is 0 Å². The van der Waals surface area contributed by atoms with Gasteiger partial charge in [-0.25, -0.2) is 0 Å². The Morgan fingerprint density at radius 2 is 1.65 bits per heavy atom. The van der Waals surface area contributed by atoms with Gasteiger partial charge in [-0.3, -0.25) is 0 Å². The van der Waals surface area contributed by atoms with E-state index in [1.165, 1.54) is 16.8 Å². The molecule has 0 amide bonds. The lowest BCUT2D eigenvalue weighted by atomic mass is 9.67. The van der Waals surface area contributed by atoms with Crippen LogP contribution in [0.15, 0.2) is 54.6 Å². The number of hydrogen-bond acceptors (Lipinski definition) is 2. The Balaban J connectivity index is 2.00. The van der Waals surface area contributed by atoms with Crippen molar-refractivity contribution in [1.29, 1.82) is 0 Å². The molecule has 0 saturated carbocycles. The third kappa shape index (κ3) is 1.23. The van der Waals surface area contributed by atoms with Crippen molar-refractivity contribution in [1.82, 2.24) is 0 Å². The van der Waals surface area contributed by atoms with E-state index in [4.69, 9.17) is 4.74 Å². The SMILES string of the molecule is CC1(C)c2ccccc2N2COCC21c1ccccc1. The van der Waals surface area contributed by atoms with E-state index >= 15 is 0 Å². The lowest BCUT2D eigenvalue weighted by Crippen LogP contribution is -2.51. The molecule has 0 aliphatic carbocycles. The Morgan fingerprint density at radius 3 is 2.45 bits per heavy atom. The number of anilines is 1. The second kappa shape index (κ2) is 3.86. The molecule has 0 spiro atoms. The molecule has 2 aromatic carbocycles. The number of fused-ring (bicyclic) bond motifs is 3. The molecule has 0 aromatic heterocycles. The van der Waals surface area contributed by atoms with Crippen LogP contribution in [-0.2, 0) is 15.7 Å². The Kier molecular flexibility index (Phi) is 2.31. The van der Waals surface area contributed by atoms with Gasteiger partial charge in [0.25, 0.3) is 0 Å². The molecule has 2 nitrogen and oxygen atoms in total. The summed E-state index contributed by atoms with van der Waals surface area (Å²) in [5.41, 5.74) is 4.03. The Bertz CT molecular complexity index is 649. The van der Waals surface area contributed by atoms with Crippen LogP contribution in [0.5, 0.6) is 0 Å². The molecule has 1 atom stereocenters. The monoisotopic (exact) mass is 265 g/mol. The molecule has 1 saturated heterocycles. The van der Waals surface area contributed by atoms with Crippen molar-refractivity contribution in [3.63, 3.8) is 0 Å². The number of rotatable bonds is 1. The first-order chi connectivity index (χ1) is 9.68. The Morgan fingerprint density at radius 1 is 0.950 bits per heavy atom. The summed E-state index contributed by atoms with van der Waals surface area (Å²) in [6.45, 7) is 6.11. The summed E-state index contributed by atoms with van der Waals surface area (Å²) >= 11 is 0. The van der Waals surface area contributed by atoms with E-state index < -0.39 is 0 Å². The zero-order chi connectivity index (χ0) is 13.8. The number of benzene rings is 2. The van der Waals surface area contributed by atoms with E-state index in [-0.39, 0.29) is 11.0 Å². The quantitative estimate of drug-likeness (QED) is 0.780. The zero-order valence-electron chi connectivity index (χ0n) is 12.0. The van der Waals surface area contributed by atoms with Gasteiger partial charge in [-0.15, -0.1) is 0 Å². The first-order valence-corrected chi connectivity index (χ1v) is 7.18. The van der Waals surface area contributed by atoms with Gasteiger partial charge in [-0.05, 0) is 17.2 Å². The first-order valence-electron chi connectivity index (χ1n) is 7.18. The highest BCUT2D eigenvalue weighted by molar-refractivity contribution is 5.69. The molecule has 2 aliphatic heterocycles. The second-order valence-electron chi connectivity index (χ2n) is 6.27. The summed E-state index contributed by atoms with van der Waals surface area (Å²) in [5, 5.41) is 0. The fraction of sp³-hybridized carbons (Fsp3) is 0.333. The van der Waals surface area contributed by atoms with Crippen LogP contribution in [0.1, 0.15) is 25.0 Å². The third-order valence-electron chi connectivity index (χ3n) is 5.15. The molecule has 0 N–H and O–H groups in total. The molecule has 2 aliphatic rings. The van der Waals surface area contributed by atoms with Crippen molar-refractivity contribution in [3.8, 4) is 0 Å². The van der Waals surface area contributed by atoms with Gasteiger partial charge in [0.1, 0.15) is 12.3 Å². The van der Waals surface area contributed by atoms with E-state index in [9.17, 15) is 0 Å². The smallest absolute Gasteiger partial charge is 0.119 e. The van der Waals surface area contributed by atoms with Crippen LogP contribution in [0.4, 0.5) is 5.69 Å². The summed E-state index contributed by atoms with van der Waals surface area (Å²) in [5.74, 6) is 0. The molecule has 1 unspecified atom stereocenters. The fourth-order valence-electron chi connectivity index (χ4n) is 4.04.